The fraction of sp³-hybridized carbons (Fsp3) is 0.562. The van der Waals surface area contributed by atoms with E-state index in [-0.39, 0.29) is 19.1 Å². The summed E-state index contributed by atoms with van der Waals surface area (Å²) in [6, 6.07) is 8.30. The fourth-order valence-electron chi connectivity index (χ4n) is 1.84. The van der Waals surface area contributed by atoms with Crippen LogP contribution < -0.4 is 5.09 Å². The van der Waals surface area contributed by atoms with Crippen molar-refractivity contribution in [3.8, 4) is 0 Å². The third-order valence-corrected chi connectivity index (χ3v) is 5.86. The maximum absolute atomic E-state index is 12.7. The van der Waals surface area contributed by atoms with Gasteiger partial charge in [0.25, 0.3) is 0 Å². The highest BCUT2D eigenvalue weighted by molar-refractivity contribution is 7.54. The maximum Gasteiger partial charge on any atom is 0.343 e. The third kappa shape index (κ3) is 11.9. The van der Waals surface area contributed by atoms with E-state index in [4.69, 9.17) is 49.5 Å². The second kappa shape index (κ2) is 16.6. The standard InChI is InChI=1S/C9H20Cl3N2O3P.C7H6O2/c10-2-6-14(7-3-11)18(16,17-9-4-12)13-5-1-8-15;8-7(9)6-4-2-1-3-5-6/h15H,1-9H2,(H,13,16);1-5H,(H,8,9). The van der Waals surface area contributed by atoms with Crippen LogP contribution >= 0.6 is 42.5 Å². The van der Waals surface area contributed by atoms with Crippen molar-refractivity contribution in [2.45, 2.75) is 6.42 Å². The average molecular weight is 464 g/mol. The van der Waals surface area contributed by atoms with E-state index in [0.29, 0.717) is 43.4 Å². The van der Waals surface area contributed by atoms with Crippen molar-refractivity contribution >= 4 is 48.4 Å². The molecule has 11 heteroatoms. The summed E-state index contributed by atoms with van der Waals surface area (Å²) < 4.78 is 19.6. The minimum atomic E-state index is -3.19. The van der Waals surface area contributed by atoms with E-state index < -0.39 is 13.6 Å². The number of benzene rings is 1. The Balaban J connectivity index is 0.000000621. The van der Waals surface area contributed by atoms with Gasteiger partial charge in [0.1, 0.15) is 0 Å². The lowest BCUT2D eigenvalue weighted by molar-refractivity contribution is 0.0697. The maximum atomic E-state index is 12.7. The predicted octanol–water partition coefficient (Wildman–Crippen LogP) is 3.49. The molecule has 0 radical (unpaired) electrons. The topological polar surface area (TPSA) is 99.1 Å². The molecule has 0 bridgehead atoms. The molecule has 0 saturated carbocycles. The third-order valence-electron chi connectivity index (χ3n) is 3.07. The largest absolute Gasteiger partial charge is 0.478 e. The Hall–Kier alpha value is -0.370. The zero-order chi connectivity index (χ0) is 20.5. The molecule has 3 N–H and O–H groups in total. The van der Waals surface area contributed by atoms with Crippen LogP contribution in [-0.4, -0.2) is 71.3 Å². The Morgan fingerprint density at radius 2 is 1.70 bits per heavy atom. The van der Waals surface area contributed by atoms with Crippen molar-refractivity contribution < 1.29 is 24.1 Å². The van der Waals surface area contributed by atoms with Crippen molar-refractivity contribution in [3.05, 3.63) is 35.9 Å². The molecular weight excluding hydrogens is 438 g/mol. The van der Waals surface area contributed by atoms with E-state index in [1.54, 1.807) is 35.0 Å². The molecule has 0 fully saturated rings. The van der Waals surface area contributed by atoms with Crippen molar-refractivity contribution in [1.29, 1.82) is 0 Å². The predicted molar refractivity (Wildman–Crippen MR) is 110 cm³/mol. The van der Waals surface area contributed by atoms with Gasteiger partial charge in [-0.2, -0.15) is 0 Å². The number of carboxylic acid groups (broad SMARTS) is 1. The Kier molecular flexibility index (Phi) is 16.3. The number of carbonyl (C=O) groups is 1. The summed E-state index contributed by atoms with van der Waals surface area (Å²) in [5.74, 6) is 0.0245. The lowest BCUT2D eigenvalue weighted by Crippen LogP contribution is -2.33. The first-order chi connectivity index (χ1) is 12.9. The van der Waals surface area contributed by atoms with Gasteiger partial charge in [0.2, 0.25) is 0 Å². The molecule has 1 aromatic carbocycles. The smallest absolute Gasteiger partial charge is 0.343 e. The number of aliphatic hydroxyl groups excluding tert-OH is 1. The van der Waals surface area contributed by atoms with E-state index in [9.17, 15) is 9.36 Å². The number of nitrogens with one attached hydrogen (secondary N) is 1. The molecule has 1 atom stereocenters. The number of halogens is 3. The highest BCUT2D eigenvalue weighted by Gasteiger charge is 2.30. The van der Waals surface area contributed by atoms with Gasteiger partial charge in [0.05, 0.1) is 12.2 Å². The number of rotatable bonds is 13. The van der Waals surface area contributed by atoms with Crippen LogP contribution in [0.2, 0.25) is 0 Å². The van der Waals surface area contributed by atoms with Crippen LogP contribution in [0.4, 0.5) is 0 Å². The SMILES string of the molecule is O=C(O)c1ccccc1.O=P(NCCCO)(OCCCl)N(CCCl)CCCl. The molecule has 0 aliphatic rings. The Labute approximate surface area is 175 Å². The summed E-state index contributed by atoms with van der Waals surface area (Å²) in [5, 5.41) is 19.9. The molecule has 1 rings (SSSR count). The first-order valence-electron chi connectivity index (χ1n) is 8.27. The number of nitrogens with zero attached hydrogens (tertiary/aromatic N) is 1. The first kappa shape index (κ1) is 26.6. The summed E-state index contributed by atoms with van der Waals surface area (Å²) in [5.41, 5.74) is 0.331. The monoisotopic (exact) mass is 462 g/mol. The van der Waals surface area contributed by atoms with E-state index in [0.717, 1.165) is 0 Å². The Bertz CT molecular complexity index is 548. The second-order valence-electron chi connectivity index (χ2n) is 5.03. The van der Waals surface area contributed by atoms with Crippen LogP contribution in [0.3, 0.4) is 0 Å². The highest BCUT2D eigenvalue weighted by Crippen LogP contribution is 2.46. The van der Waals surface area contributed by atoms with Gasteiger partial charge >= 0.3 is 13.6 Å². The molecule has 0 spiro atoms. The van der Waals surface area contributed by atoms with Crippen LogP contribution in [0.15, 0.2) is 30.3 Å². The van der Waals surface area contributed by atoms with Crippen LogP contribution in [0, 0.1) is 0 Å². The number of aliphatic hydroxyl groups is 1. The first-order valence-corrected chi connectivity index (χ1v) is 11.5. The Morgan fingerprint density at radius 1 is 1.11 bits per heavy atom. The molecule has 27 heavy (non-hydrogen) atoms. The van der Waals surface area contributed by atoms with Gasteiger partial charge in [-0.05, 0) is 18.6 Å². The quantitative estimate of drug-likeness (QED) is 0.234. The summed E-state index contributed by atoms with van der Waals surface area (Å²) in [7, 11) is -3.19. The lowest BCUT2D eigenvalue weighted by atomic mass is 10.2. The minimum absolute atomic E-state index is 0.0213. The highest BCUT2D eigenvalue weighted by atomic mass is 35.5. The van der Waals surface area contributed by atoms with Gasteiger partial charge in [-0.25, -0.2) is 14.6 Å². The zero-order valence-electron chi connectivity index (χ0n) is 14.9. The lowest BCUT2D eigenvalue weighted by Gasteiger charge is -2.30. The number of alkyl halides is 3. The molecule has 1 unspecified atom stereocenters. The van der Waals surface area contributed by atoms with Crippen molar-refractivity contribution in [2.75, 3.05) is 50.5 Å². The summed E-state index contributed by atoms with van der Waals surface area (Å²) in [6.45, 7) is 1.39. The summed E-state index contributed by atoms with van der Waals surface area (Å²) in [4.78, 5) is 10.2. The summed E-state index contributed by atoms with van der Waals surface area (Å²) in [6.07, 6.45) is 0.490. The van der Waals surface area contributed by atoms with Crippen molar-refractivity contribution in [1.82, 2.24) is 9.76 Å². The normalized spacial score (nSPS) is 12.9. The number of hydrogen-bond acceptors (Lipinski definition) is 4. The van der Waals surface area contributed by atoms with E-state index >= 15 is 0 Å². The Morgan fingerprint density at radius 3 is 2.11 bits per heavy atom. The van der Waals surface area contributed by atoms with E-state index in [1.165, 1.54) is 0 Å². The molecule has 7 nitrogen and oxygen atoms in total. The van der Waals surface area contributed by atoms with E-state index in [2.05, 4.69) is 5.09 Å². The summed E-state index contributed by atoms with van der Waals surface area (Å²) >= 11 is 16.9. The number of hydrogen-bond donors (Lipinski definition) is 3. The zero-order valence-corrected chi connectivity index (χ0v) is 18.1. The van der Waals surface area contributed by atoms with Crippen molar-refractivity contribution in [2.24, 2.45) is 0 Å². The van der Waals surface area contributed by atoms with Crippen LogP contribution in [-0.2, 0) is 9.09 Å². The second-order valence-corrected chi connectivity index (χ2v) is 8.35. The molecule has 0 heterocycles. The molecule has 0 saturated heterocycles. The van der Waals surface area contributed by atoms with Gasteiger partial charge in [-0.1, -0.05) is 18.2 Å². The van der Waals surface area contributed by atoms with Gasteiger partial charge in [0.15, 0.2) is 0 Å². The molecule has 0 aliphatic heterocycles. The van der Waals surface area contributed by atoms with Gasteiger partial charge in [0, 0.05) is 43.9 Å². The molecule has 1 aromatic rings. The average Bonchev–Trinajstić information content (AvgIpc) is 2.67. The van der Waals surface area contributed by atoms with Crippen LogP contribution in [0.5, 0.6) is 0 Å². The van der Waals surface area contributed by atoms with E-state index in [1.807, 2.05) is 0 Å². The number of carboxylic acids is 1. The van der Waals surface area contributed by atoms with Crippen LogP contribution in [0.25, 0.3) is 0 Å². The van der Waals surface area contributed by atoms with Gasteiger partial charge < -0.3 is 14.7 Å². The molecule has 156 valence electrons. The van der Waals surface area contributed by atoms with Crippen molar-refractivity contribution in [3.63, 3.8) is 0 Å². The molecule has 0 amide bonds. The molecular formula is C16H26Cl3N2O5P. The molecule has 0 aromatic heterocycles. The van der Waals surface area contributed by atoms with Gasteiger partial charge in [-0.3, -0.25) is 4.57 Å². The van der Waals surface area contributed by atoms with Crippen LogP contribution in [0.1, 0.15) is 16.8 Å². The van der Waals surface area contributed by atoms with Gasteiger partial charge in [-0.15, -0.1) is 34.8 Å². The number of aromatic carboxylic acids is 1. The molecule has 0 aliphatic carbocycles. The minimum Gasteiger partial charge on any atom is -0.478 e. The fourth-order valence-corrected chi connectivity index (χ4v) is 4.63.